The summed E-state index contributed by atoms with van der Waals surface area (Å²) in [7, 11) is 0. The molecule has 3 heteroatoms. The van der Waals surface area contributed by atoms with Crippen LogP contribution in [0.4, 0.5) is 0 Å². The van der Waals surface area contributed by atoms with E-state index >= 15 is 0 Å². The highest BCUT2D eigenvalue weighted by Gasteiger charge is 2.10. The first-order valence-corrected chi connectivity index (χ1v) is 10.9. The second kappa shape index (κ2) is 19.5. The lowest BCUT2D eigenvalue weighted by atomic mass is 10.1. The standard InChI is InChI=1S/C22H42O3/c1-3-5-7-9-10-11-12-13-14-15-17-19-25-22(24)20-21(23)18-16-8-6-4-2/h3-20H2,1-2H3. The van der Waals surface area contributed by atoms with Crippen molar-refractivity contribution >= 4 is 11.8 Å². The number of unbranched alkanes of at least 4 members (excludes halogenated alkanes) is 13. The van der Waals surface area contributed by atoms with Gasteiger partial charge in [0.1, 0.15) is 12.2 Å². The molecule has 0 aliphatic carbocycles. The van der Waals surface area contributed by atoms with E-state index in [4.69, 9.17) is 4.74 Å². The lowest BCUT2D eigenvalue weighted by molar-refractivity contribution is -0.146. The Bertz CT molecular complexity index is 312. The second-order valence-corrected chi connectivity index (χ2v) is 7.28. The predicted octanol–water partition coefficient (Wildman–Crippen LogP) is 6.77. The molecule has 0 unspecified atom stereocenters. The fourth-order valence-electron chi connectivity index (χ4n) is 3.00. The molecule has 3 nitrogen and oxygen atoms in total. The minimum Gasteiger partial charge on any atom is -0.465 e. The van der Waals surface area contributed by atoms with Gasteiger partial charge in [0.25, 0.3) is 0 Å². The van der Waals surface area contributed by atoms with Crippen molar-refractivity contribution in [3.05, 3.63) is 0 Å². The quantitative estimate of drug-likeness (QED) is 0.146. The van der Waals surface area contributed by atoms with Gasteiger partial charge in [0.2, 0.25) is 0 Å². The first kappa shape index (κ1) is 24.1. The van der Waals surface area contributed by atoms with Gasteiger partial charge in [-0.1, -0.05) is 97.3 Å². The van der Waals surface area contributed by atoms with Crippen molar-refractivity contribution in [1.82, 2.24) is 0 Å². The summed E-state index contributed by atoms with van der Waals surface area (Å²) in [6, 6.07) is 0. The van der Waals surface area contributed by atoms with E-state index in [0.717, 1.165) is 38.5 Å². The average Bonchev–Trinajstić information content (AvgIpc) is 2.59. The molecule has 0 saturated heterocycles. The molecule has 0 N–H and O–H groups in total. The summed E-state index contributed by atoms with van der Waals surface area (Å²) in [5, 5.41) is 0. The molecule has 0 aliphatic rings. The SMILES string of the molecule is CCCCCCCCCCCCCOC(=O)CC(=O)CCCCCC. The number of esters is 1. The summed E-state index contributed by atoms with van der Waals surface area (Å²) in [4.78, 5) is 23.2. The normalized spacial score (nSPS) is 10.8. The van der Waals surface area contributed by atoms with E-state index in [-0.39, 0.29) is 18.2 Å². The molecule has 0 aromatic rings. The summed E-state index contributed by atoms with van der Waals surface area (Å²) in [6.07, 6.45) is 18.9. The van der Waals surface area contributed by atoms with Crippen LogP contribution >= 0.6 is 0 Å². The van der Waals surface area contributed by atoms with Gasteiger partial charge in [-0.3, -0.25) is 9.59 Å². The van der Waals surface area contributed by atoms with Crippen LogP contribution in [0.5, 0.6) is 0 Å². The molecular formula is C22H42O3. The van der Waals surface area contributed by atoms with Crippen LogP contribution < -0.4 is 0 Å². The van der Waals surface area contributed by atoms with Crippen molar-refractivity contribution in [3.8, 4) is 0 Å². The molecule has 0 amide bonds. The molecule has 0 aromatic heterocycles. The van der Waals surface area contributed by atoms with E-state index in [9.17, 15) is 9.59 Å². The number of carbonyl (C=O) groups is 2. The molecule has 0 saturated carbocycles. The van der Waals surface area contributed by atoms with Crippen LogP contribution in [0.15, 0.2) is 0 Å². The highest BCUT2D eigenvalue weighted by atomic mass is 16.5. The number of ether oxygens (including phenoxy) is 1. The monoisotopic (exact) mass is 354 g/mol. The molecule has 25 heavy (non-hydrogen) atoms. The maximum absolute atomic E-state index is 11.6. The van der Waals surface area contributed by atoms with Crippen molar-refractivity contribution < 1.29 is 14.3 Å². The van der Waals surface area contributed by atoms with Crippen LogP contribution in [0, 0.1) is 0 Å². The predicted molar refractivity (Wildman–Crippen MR) is 106 cm³/mol. The van der Waals surface area contributed by atoms with E-state index in [1.807, 2.05) is 0 Å². The van der Waals surface area contributed by atoms with Gasteiger partial charge in [-0.05, 0) is 12.8 Å². The molecule has 0 rings (SSSR count). The van der Waals surface area contributed by atoms with E-state index < -0.39 is 0 Å². The summed E-state index contributed by atoms with van der Waals surface area (Å²) < 4.78 is 5.16. The first-order valence-electron chi connectivity index (χ1n) is 10.9. The molecular weight excluding hydrogens is 312 g/mol. The third-order valence-electron chi connectivity index (χ3n) is 4.66. The van der Waals surface area contributed by atoms with Gasteiger partial charge < -0.3 is 4.74 Å². The average molecular weight is 355 g/mol. The Morgan fingerprint density at radius 3 is 1.56 bits per heavy atom. The van der Waals surface area contributed by atoms with Crippen molar-refractivity contribution in [3.63, 3.8) is 0 Å². The molecule has 148 valence electrons. The molecule has 0 aliphatic heterocycles. The van der Waals surface area contributed by atoms with Crippen LogP contribution in [0.3, 0.4) is 0 Å². The topological polar surface area (TPSA) is 43.4 Å². The molecule has 0 aromatic carbocycles. The number of Topliss-reactive ketones (excluding diaryl/α,β-unsaturated/α-hetero) is 1. The number of hydrogen-bond acceptors (Lipinski definition) is 3. The zero-order valence-corrected chi connectivity index (χ0v) is 17.0. The Hall–Kier alpha value is -0.860. The number of rotatable bonds is 19. The van der Waals surface area contributed by atoms with Gasteiger partial charge >= 0.3 is 5.97 Å². The molecule has 0 spiro atoms. The Balaban J connectivity index is 3.28. The third kappa shape index (κ3) is 19.3. The molecule has 0 heterocycles. The van der Waals surface area contributed by atoms with Crippen LogP contribution in [-0.4, -0.2) is 18.4 Å². The largest absolute Gasteiger partial charge is 0.465 e. The minimum absolute atomic E-state index is 0.0278. The summed E-state index contributed by atoms with van der Waals surface area (Å²) in [5.41, 5.74) is 0. The van der Waals surface area contributed by atoms with Crippen molar-refractivity contribution in [1.29, 1.82) is 0 Å². The highest BCUT2D eigenvalue weighted by molar-refractivity contribution is 5.95. The first-order chi connectivity index (χ1) is 12.2. The van der Waals surface area contributed by atoms with E-state index in [1.54, 1.807) is 0 Å². The summed E-state index contributed by atoms with van der Waals surface area (Å²) >= 11 is 0. The van der Waals surface area contributed by atoms with E-state index in [0.29, 0.717) is 13.0 Å². The lowest BCUT2D eigenvalue weighted by Crippen LogP contribution is -2.12. The van der Waals surface area contributed by atoms with Crippen LogP contribution in [0.2, 0.25) is 0 Å². The van der Waals surface area contributed by atoms with Crippen molar-refractivity contribution in [2.45, 2.75) is 123 Å². The van der Waals surface area contributed by atoms with Gasteiger partial charge in [0.05, 0.1) is 6.61 Å². The Labute approximate surface area is 156 Å². The second-order valence-electron chi connectivity index (χ2n) is 7.28. The number of hydrogen-bond donors (Lipinski definition) is 0. The molecule has 0 bridgehead atoms. The van der Waals surface area contributed by atoms with Crippen molar-refractivity contribution in [2.24, 2.45) is 0 Å². The Morgan fingerprint density at radius 1 is 0.600 bits per heavy atom. The minimum atomic E-state index is -0.340. The Morgan fingerprint density at radius 2 is 1.04 bits per heavy atom. The highest BCUT2D eigenvalue weighted by Crippen LogP contribution is 2.11. The third-order valence-corrected chi connectivity index (χ3v) is 4.66. The number of ketones is 1. The molecule has 0 fully saturated rings. The molecule has 0 atom stereocenters. The van der Waals surface area contributed by atoms with Crippen LogP contribution in [0.1, 0.15) is 123 Å². The van der Waals surface area contributed by atoms with Gasteiger partial charge in [-0.25, -0.2) is 0 Å². The van der Waals surface area contributed by atoms with Gasteiger partial charge in [0.15, 0.2) is 0 Å². The number of carbonyl (C=O) groups excluding carboxylic acids is 2. The van der Waals surface area contributed by atoms with Crippen LogP contribution in [-0.2, 0) is 14.3 Å². The van der Waals surface area contributed by atoms with Gasteiger partial charge in [0, 0.05) is 6.42 Å². The maximum Gasteiger partial charge on any atom is 0.313 e. The van der Waals surface area contributed by atoms with E-state index in [1.165, 1.54) is 57.8 Å². The fourth-order valence-corrected chi connectivity index (χ4v) is 3.00. The maximum atomic E-state index is 11.6. The Kier molecular flexibility index (Phi) is 18.8. The lowest BCUT2D eigenvalue weighted by Gasteiger charge is -2.05. The van der Waals surface area contributed by atoms with Gasteiger partial charge in [-0.2, -0.15) is 0 Å². The smallest absolute Gasteiger partial charge is 0.313 e. The van der Waals surface area contributed by atoms with Crippen molar-refractivity contribution in [2.75, 3.05) is 6.61 Å². The summed E-state index contributed by atoms with van der Waals surface area (Å²) in [6.45, 7) is 4.87. The summed E-state index contributed by atoms with van der Waals surface area (Å²) in [5.74, 6) is -0.312. The molecule has 0 radical (unpaired) electrons. The zero-order chi connectivity index (χ0) is 18.6. The van der Waals surface area contributed by atoms with Crippen LogP contribution in [0.25, 0.3) is 0 Å². The zero-order valence-electron chi connectivity index (χ0n) is 17.0. The fraction of sp³-hybridized carbons (Fsp3) is 0.909. The van der Waals surface area contributed by atoms with Gasteiger partial charge in [-0.15, -0.1) is 0 Å². The van der Waals surface area contributed by atoms with E-state index in [2.05, 4.69) is 13.8 Å².